The number of aliphatic carboxylic acids is 1. The van der Waals surface area contributed by atoms with Crippen LogP contribution in [0.3, 0.4) is 0 Å². The molecule has 7 heteroatoms. The highest BCUT2D eigenvalue weighted by Crippen LogP contribution is 2.29. The summed E-state index contributed by atoms with van der Waals surface area (Å²) in [6, 6.07) is 14.8. The number of rotatable bonds is 8. The van der Waals surface area contributed by atoms with E-state index < -0.39 is 5.97 Å². The number of carboxylic acids is 1. The minimum Gasteiger partial charge on any atom is -0.493 e. The van der Waals surface area contributed by atoms with Crippen LogP contribution in [0.5, 0.6) is 11.5 Å². The first-order chi connectivity index (χ1) is 14.0. The quantitative estimate of drug-likeness (QED) is 0.464. The molecule has 0 aliphatic carbocycles. The lowest BCUT2D eigenvalue weighted by atomic mass is 10.1. The van der Waals surface area contributed by atoms with Gasteiger partial charge < -0.3 is 23.9 Å². The fourth-order valence-corrected chi connectivity index (χ4v) is 2.97. The molecule has 0 fully saturated rings. The van der Waals surface area contributed by atoms with Crippen LogP contribution in [0.15, 0.2) is 54.4 Å². The minimum atomic E-state index is -1.15. The molecule has 148 valence electrons. The molecule has 7 nitrogen and oxygen atoms in total. The van der Waals surface area contributed by atoms with Crippen molar-refractivity contribution in [1.82, 2.24) is 4.57 Å². The van der Waals surface area contributed by atoms with E-state index in [1.165, 1.54) is 20.3 Å². The highest BCUT2D eigenvalue weighted by molar-refractivity contribution is 5.90. The Morgan fingerprint density at radius 1 is 1.17 bits per heavy atom. The van der Waals surface area contributed by atoms with Crippen LogP contribution >= 0.6 is 0 Å². The van der Waals surface area contributed by atoms with Crippen molar-refractivity contribution in [2.45, 2.75) is 6.54 Å². The van der Waals surface area contributed by atoms with Gasteiger partial charge in [-0.3, -0.25) is 0 Å². The molecule has 0 unspecified atom stereocenters. The number of aromatic nitrogens is 1. The van der Waals surface area contributed by atoms with Gasteiger partial charge >= 0.3 is 5.97 Å². The Hall–Kier alpha value is -3.92. The van der Waals surface area contributed by atoms with Crippen molar-refractivity contribution in [2.24, 2.45) is 0 Å². The Labute approximate surface area is 168 Å². The van der Waals surface area contributed by atoms with Gasteiger partial charge in [-0.05, 0) is 48.0 Å². The topological polar surface area (TPSA) is 93.7 Å². The van der Waals surface area contributed by atoms with Gasteiger partial charge in [0.25, 0.3) is 0 Å². The molecule has 0 radical (unpaired) electrons. The van der Waals surface area contributed by atoms with Gasteiger partial charge in [-0.15, -0.1) is 0 Å². The van der Waals surface area contributed by atoms with Gasteiger partial charge in [0.15, 0.2) is 11.5 Å². The number of carbonyl (C=O) groups is 1. The van der Waals surface area contributed by atoms with Crippen LogP contribution in [-0.4, -0.2) is 36.5 Å². The lowest BCUT2D eigenvalue weighted by molar-refractivity contribution is -0.135. The number of methoxy groups -OCH3 is 2. The van der Waals surface area contributed by atoms with Crippen LogP contribution < -0.4 is 9.47 Å². The number of hydrogen-bond acceptors (Lipinski definition) is 5. The van der Waals surface area contributed by atoms with Crippen LogP contribution in [0.1, 0.15) is 11.1 Å². The number of ether oxygens (including phenoxy) is 3. The smallest absolute Gasteiger partial charge is 0.371 e. The van der Waals surface area contributed by atoms with Gasteiger partial charge in [0.05, 0.1) is 32.4 Å². The van der Waals surface area contributed by atoms with E-state index in [1.807, 2.05) is 24.4 Å². The summed E-state index contributed by atoms with van der Waals surface area (Å²) in [6.45, 7) is 1.03. The highest BCUT2D eigenvalue weighted by atomic mass is 16.5. The maximum Gasteiger partial charge on any atom is 0.371 e. The number of nitriles is 1. The molecular weight excluding hydrogens is 372 g/mol. The Morgan fingerprint density at radius 2 is 2.00 bits per heavy atom. The fourth-order valence-electron chi connectivity index (χ4n) is 2.97. The molecule has 0 spiro atoms. The first-order valence-electron chi connectivity index (χ1n) is 8.84. The zero-order valence-corrected chi connectivity index (χ0v) is 16.1. The summed E-state index contributed by atoms with van der Waals surface area (Å²) in [5.74, 6) is -0.259. The van der Waals surface area contributed by atoms with E-state index in [-0.39, 0.29) is 5.76 Å². The lowest BCUT2D eigenvalue weighted by Crippen LogP contribution is -2.08. The molecule has 0 aliphatic heterocycles. The Kier molecular flexibility index (Phi) is 6.05. The average molecular weight is 392 g/mol. The normalized spacial score (nSPS) is 11.1. The first-order valence-corrected chi connectivity index (χ1v) is 8.84. The van der Waals surface area contributed by atoms with E-state index in [2.05, 4.69) is 10.6 Å². The molecule has 0 aliphatic rings. The predicted octanol–water partition coefficient (Wildman–Crippen LogP) is 3.67. The maximum absolute atomic E-state index is 11.1. The zero-order valence-electron chi connectivity index (χ0n) is 16.1. The Balaban J connectivity index is 1.71. The third-order valence-corrected chi connectivity index (χ3v) is 4.41. The van der Waals surface area contributed by atoms with Crippen molar-refractivity contribution in [1.29, 1.82) is 5.26 Å². The molecular formula is C22H20N2O5. The molecule has 2 aromatic carbocycles. The van der Waals surface area contributed by atoms with Crippen LogP contribution in [0.4, 0.5) is 0 Å². The van der Waals surface area contributed by atoms with Crippen molar-refractivity contribution >= 4 is 22.9 Å². The van der Waals surface area contributed by atoms with Crippen molar-refractivity contribution in [3.63, 3.8) is 0 Å². The van der Waals surface area contributed by atoms with E-state index >= 15 is 0 Å². The molecule has 0 atom stereocenters. The summed E-state index contributed by atoms with van der Waals surface area (Å²) in [4.78, 5) is 11.1. The van der Waals surface area contributed by atoms with E-state index in [0.29, 0.717) is 35.8 Å². The van der Waals surface area contributed by atoms with Crippen molar-refractivity contribution < 1.29 is 24.1 Å². The molecule has 3 aromatic rings. The summed E-state index contributed by atoms with van der Waals surface area (Å²) in [7, 11) is 2.83. The van der Waals surface area contributed by atoms with Crippen LogP contribution in [-0.2, 0) is 16.1 Å². The van der Waals surface area contributed by atoms with Crippen LogP contribution in [0.2, 0.25) is 0 Å². The summed E-state index contributed by atoms with van der Waals surface area (Å²) in [5, 5.41) is 19.1. The summed E-state index contributed by atoms with van der Waals surface area (Å²) in [5.41, 5.74) is 2.28. The van der Waals surface area contributed by atoms with Crippen LogP contribution in [0, 0.1) is 11.3 Å². The number of carboxylic acid groups (broad SMARTS) is 1. The third kappa shape index (κ3) is 4.50. The van der Waals surface area contributed by atoms with Crippen molar-refractivity contribution in [3.8, 4) is 17.6 Å². The Bertz CT molecular complexity index is 1110. The number of nitrogens with zero attached hydrogens (tertiary/aromatic N) is 2. The average Bonchev–Trinajstić information content (AvgIpc) is 3.14. The van der Waals surface area contributed by atoms with E-state index in [0.717, 1.165) is 10.9 Å². The van der Waals surface area contributed by atoms with Crippen molar-refractivity contribution in [3.05, 3.63) is 65.5 Å². The molecule has 1 aromatic heterocycles. The van der Waals surface area contributed by atoms with E-state index in [1.54, 1.807) is 24.3 Å². The predicted molar refractivity (Wildman–Crippen MR) is 108 cm³/mol. The maximum atomic E-state index is 11.1. The van der Waals surface area contributed by atoms with Gasteiger partial charge in [-0.25, -0.2) is 4.79 Å². The number of fused-ring (bicyclic) bond motifs is 1. The second-order valence-corrected chi connectivity index (χ2v) is 6.17. The van der Waals surface area contributed by atoms with Crippen LogP contribution in [0.25, 0.3) is 17.0 Å². The van der Waals surface area contributed by atoms with Crippen molar-refractivity contribution in [2.75, 3.05) is 20.8 Å². The molecule has 0 saturated heterocycles. The van der Waals surface area contributed by atoms with Gasteiger partial charge in [-0.1, -0.05) is 6.07 Å². The van der Waals surface area contributed by atoms with Gasteiger partial charge in [-0.2, -0.15) is 5.26 Å². The van der Waals surface area contributed by atoms with Gasteiger partial charge in [0, 0.05) is 17.1 Å². The minimum absolute atomic E-state index is 0.167. The SMILES string of the molecule is CO/C(=C\c1ccc(OCCn2ccc3cc(C#N)ccc32)c(OC)c1)C(=O)O. The second kappa shape index (κ2) is 8.85. The summed E-state index contributed by atoms with van der Waals surface area (Å²) in [6.07, 6.45) is 3.37. The zero-order chi connectivity index (χ0) is 20.8. The summed E-state index contributed by atoms with van der Waals surface area (Å²) >= 11 is 0. The second-order valence-electron chi connectivity index (χ2n) is 6.17. The molecule has 1 heterocycles. The molecule has 3 rings (SSSR count). The summed E-state index contributed by atoms with van der Waals surface area (Å²) < 4.78 is 18.1. The van der Waals surface area contributed by atoms with E-state index in [4.69, 9.17) is 24.6 Å². The third-order valence-electron chi connectivity index (χ3n) is 4.41. The lowest BCUT2D eigenvalue weighted by Gasteiger charge is -2.12. The molecule has 0 amide bonds. The first kappa shape index (κ1) is 19.8. The molecule has 29 heavy (non-hydrogen) atoms. The van der Waals surface area contributed by atoms with Gasteiger partial charge in [0.1, 0.15) is 6.61 Å². The number of benzene rings is 2. The fraction of sp³-hybridized carbons (Fsp3) is 0.182. The van der Waals surface area contributed by atoms with Gasteiger partial charge in [0.2, 0.25) is 5.76 Å². The van der Waals surface area contributed by atoms with E-state index in [9.17, 15) is 4.79 Å². The highest BCUT2D eigenvalue weighted by Gasteiger charge is 2.10. The molecule has 0 saturated carbocycles. The molecule has 1 N–H and O–H groups in total. The number of hydrogen-bond donors (Lipinski definition) is 1. The Morgan fingerprint density at radius 3 is 2.69 bits per heavy atom. The molecule has 0 bridgehead atoms. The standard InChI is InChI=1S/C22H20N2O5/c1-27-20-12-15(13-21(28-2)22(25)26)4-6-19(20)29-10-9-24-8-7-17-11-16(14-23)3-5-18(17)24/h3-8,11-13H,9-10H2,1-2H3,(H,25,26)/b21-13-. The largest absolute Gasteiger partial charge is 0.493 e. The monoisotopic (exact) mass is 392 g/mol.